The Hall–Kier alpha value is -0.810. The SMILES string of the molecule is CN=C(NCCn1cccc1)NCCS(=O)(=O)NCC1CCC1.I. The Kier molecular flexibility index (Phi) is 9.67. The first-order chi connectivity index (χ1) is 11.1. The van der Waals surface area contributed by atoms with Gasteiger partial charge in [-0.3, -0.25) is 4.99 Å². The van der Waals surface area contributed by atoms with Gasteiger partial charge in [-0.05, 0) is 30.9 Å². The molecule has 0 saturated heterocycles. The van der Waals surface area contributed by atoms with Crippen LogP contribution in [0.1, 0.15) is 19.3 Å². The Morgan fingerprint density at radius 2 is 1.88 bits per heavy atom. The highest BCUT2D eigenvalue weighted by atomic mass is 127. The van der Waals surface area contributed by atoms with Gasteiger partial charge in [-0.1, -0.05) is 6.42 Å². The van der Waals surface area contributed by atoms with E-state index >= 15 is 0 Å². The van der Waals surface area contributed by atoms with Gasteiger partial charge < -0.3 is 15.2 Å². The third-order valence-electron chi connectivity index (χ3n) is 4.03. The first-order valence-corrected chi connectivity index (χ1v) is 9.77. The molecule has 2 rings (SSSR count). The molecule has 0 aliphatic heterocycles. The summed E-state index contributed by atoms with van der Waals surface area (Å²) >= 11 is 0. The Labute approximate surface area is 161 Å². The van der Waals surface area contributed by atoms with E-state index in [9.17, 15) is 8.42 Å². The number of guanidine groups is 1. The van der Waals surface area contributed by atoms with Crippen LogP contribution in [0.25, 0.3) is 0 Å². The minimum Gasteiger partial charge on any atom is -0.355 e. The molecule has 3 N–H and O–H groups in total. The molecule has 0 amide bonds. The minimum atomic E-state index is -3.21. The number of nitrogens with one attached hydrogen (secondary N) is 3. The van der Waals surface area contributed by atoms with Crippen LogP contribution in [0.2, 0.25) is 0 Å². The zero-order valence-electron chi connectivity index (χ0n) is 14.1. The second kappa shape index (κ2) is 10.9. The van der Waals surface area contributed by atoms with Gasteiger partial charge in [0.15, 0.2) is 5.96 Å². The third kappa shape index (κ3) is 7.84. The predicted molar refractivity (Wildman–Crippen MR) is 108 cm³/mol. The van der Waals surface area contributed by atoms with Crippen LogP contribution in [0.4, 0.5) is 0 Å². The molecule has 0 bridgehead atoms. The molecule has 0 spiro atoms. The molecule has 1 aliphatic rings. The topological polar surface area (TPSA) is 87.5 Å². The predicted octanol–water partition coefficient (Wildman–Crippen LogP) is 0.991. The molecule has 1 aromatic heterocycles. The first-order valence-electron chi connectivity index (χ1n) is 8.11. The number of halogens is 1. The molecule has 9 heteroatoms. The van der Waals surface area contributed by atoms with Gasteiger partial charge in [-0.15, -0.1) is 24.0 Å². The van der Waals surface area contributed by atoms with E-state index in [1.54, 1.807) is 7.05 Å². The number of sulfonamides is 1. The molecule has 1 aliphatic carbocycles. The molecule has 7 nitrogen and oxygen atoms in total. The molecular weight excluding hydrogens is 441 g/mol. The number of aliphatic imine (C=N–C) groups is 1. The second-order valence-corrected chi connectivity index (χ2v) is 7.74. The average molecular weight is 469 g/mol. The number of hydrogen-bond acceptors (Lipinski definition) is 3. The fourth-order valence-corrected chi connectivity index (χ4v) is 3.37. The van der Waals surface area contributed by atoms with Crippen molar-refractivity contribution in [2.24, 2.45) is 10.9 Å². The quantitative estimate of drug-likeness (QED) is 0.286. The van der Waals surface area contributed by atoms with Gasteiger partial charge in [-0.25, -0.2) is 13.1 Å². The van der Waals surface area contributed by atoms with Crippen LogP contribution in [-0.4, -0.2) is 51.4 Å². The fourth-order valence-electron chi connectivity index (χ4n) is 2.36. The van der Waals surface area contributed by atoms with Crippen molar-refractivity contribution >= 4 is 40.0 Å². The molecule has 1 heterocycles. The van der Waals surface area contributed by atoms with E-state index in [0.29, 0.717) is 25.0 Å². The molecule has 0 unspecified atom stereocenters. The zero-order chi connectivity index (χ0) is 16.5. The van der Waals surface area contributed by atoms with Crippen LogP contribution in [-0.2, 0) is 16.6 Å². The maximum absolute atomic E-state index is 11.9. The van der Waals surface area contributed by atoms with Gasteiger partial charge in [0.05, 0.1) is 5.75 Å². The van der Waals surface area contributed by atoms with Crippen molar-refractivity contribution in [1.82, 2.24) is 19.9 Å². The van der Waals surface area contributed by atoms with Crippen molar-refractivity contribution in [3.63, 3.8) is 0 Å². The van der Waals surface area contributed by atoms with Crippen LogP contribution in [0.15, 0.2) is 29.5 Å². The van der Waals surface area contributed by atoms with Crippen molar-refractivity contribution in [3.05, 3.63) is 24.5 Å². The van der Waals surface area contributed by atoms with E-state index in [4.69, 9.17) is 0 Å². The summed E-state index contributed by atoms with van der Waals surface area (Å²) in [6, 6.07) is 3.96. The summed E-state index contributed by atoms with van der Waals surface area (Å²) in [6.45, 7) is 2.46. The minimum absolute atomic E-state index is 0. The monoisotopic (exact) mass is 469 g/mol. The highest BCUT2D eigenvalue weighted by Gasteiger charge is 2.19. The summed E-state index contributed by atoms with van der Waals surface area (Å²) in [7, 11) is -1.54. The Bertz CT molecular complexity index is 585. The average Bonchev–Trinajstić information content (AvgIpc) is 2.97. The summed E-state index contributed by atoms with van der Waals surface area (Å²) < 4.78 is 28.5. The van der Waals surface area contributed by atoms with E-state index in [0.717, 1.165) is 25.9 Å². The number of hydrogen-bond donors (Lipinski definition) is 3. The van der Waals surface area contributed by atoms with Crippen molar-refractivity contribution in [3.8, 4) is 0 Å². The molecule has 1 saturated carbocycles. The molecule has 1 fully saturated rings. The van der Waals surface area contributed by atoms with Crippen LogP contribution in [0.5, 0.6) is 0 Å². The van der Waals surface area contributed by atoms with Crippen molar-refractivity contribution in [2.75, 3.05) is 32.4 Å². The molecule has 0 aromatic carbocycles. The molecular formula is C15H28IN5O2S. The van der Waals surface area contributed by atoms with Crippen molar-refractivity contribution in [2.45, 2.75) is 25.8 Å². The van der Waals surface area contributed by atoms with Gasteiger partial charge in [-0.2, -0.15) is 0 Å². The third-order valence-corrected chi connectivity index (χ3v) is 5.38. The summed E-state index contributed by atoms with van der Waals surface area (Å²) in [5, 5.41) is 6.20. The number of rotatable bonds is 9. The zero-order valence-corrected chi connectivity index (χ0v) is 17.2. The van der Waals surface area contributed by atoms with Gasteiger partial charge >= 0.3 is 0 Å². The van der Waals surface area contributed by atoms with E-state index in [-0.39, 0.29) is 29.7 Å². The van der Waals surface area contributed by atoms with Gasteiger partial charge in [0.2, 0.25) is 10.0 Å². The molecule has 0 atom stereocenters. The summed E-state index contributed by atoms with van der Waals surface area (Å²) in [5.74, 6) is 1.20. The van der Waals surface area contributed by atoms with Crippen molar-refractivity contribution in [1.29, 1.82) is 0 Å². The number of aromatic nitrogens is 1. The number of nitrogens with zero attached hydrogens (tertiary/aromatic N) is 2. The summed E-state index contributed by atoms with van der Waals surface area (Å²) in [6.07, 6.45) is 7.49. The van der Waals surface area contributed by atoms with E-state index in [2.05, 4.69) is 24.9 Å². The van der Waals surface area contributed by atoms with Crippen LogP contribution < -0.4 is 15.4 Å². The Morgan fingerprint density at radius 3 is 2.46 bits per heavy atom. The Morgan fingerprint density at radius 1 is 1.21 bits per heavy atom. The molecule has 0 radical (unpaired) electrons. The van der Waals surface area contributed by atoms with Gasteiger partial charge in [0, 0.05) is 45.6 Å². The van der Waals surface area contributed by atoms with Crippen LogP contribution >= 0.6 is 24.0 Å². The standard InChI is InChI=1S/C15H27N5O2S.HI/c1-16-15(17-7-11-20-9-2-3-10-20)18-8-12-23(21,22)19-13-14-5-4-6-14;/h2-3,9-10,14,19H,4-8,11-13H2,1H3,(H2,16,17,18);1H. The largest absolute Gasteiger partial charge is 0.355 e. The highest BCUT2D eigenvalue weighted by Crippen LogP contribution is 2.25. The van der Waals surface area contributed by atoms with Gasteiger partial charge in [0.1, 0.15) is 0 Å². The van der Waals surface area contributed by atoms with Crippen LogP contribution in [0.3, 0.4) is 0 Å². The smallest absolute Gasteiger partial charge is 0.213 e. The maximum atomic E-state index is 11.9. The molecule has 24 heavy (non-hydrogen) atoms. The summed E-state index contributed by atoms with van der Waals surface area (Å²) in [5.41, 5.74) is 0. The maximum Gasteiger partial charge on any atom is 0.213 e. The molecule has 138 valence electrons. The van der Waals surface area contributed by atoms with E-state index in [1.807, 2.05) is 24.5 Å². The summed E-state index contributed by atoms with van der Waals surface area (Å²) in [4.78, 5) is 4.09. The normalized spacial score (nSPS) is 15.5. The first kappa shape index (κ1) is 21.2. The lowest BCUT2D eigenvalue weighted by Gasteiger charge is -2.25. The highest BCUT2D eigenvalue weighted by molar-refractivity contribution is 14.0. The fraction of sp³-hybridized carbons (Fsp3) is 0.667. The van der Waals surface area contributed by atoms with Crippen LogP contribution in [0, 0.1) is 5.92 Å². The van der Waals surface area contributed by atoms with E-state index < -0.39 is 10.0 Å². The lowest BCUT2D eigenvalue weighted by atomic mass is 9.86. The molecule has 1 aromatic rings. The Balaban J connectivity index is 0.00000288. The second-order valence-electron chi connectivity index (χ2n) is 5.81. The lowest BCUT2D eigenvalue weighted by molar-refractivity contribution is 0.316. The van der Waals surface area contributed by atoms with Gasteiger partial charge in [0.25, 0.3) is 0 Å². The lowest BCUT2D eigenvalue weighted by Crippen LogP contribution is -2.42. The van der Waals surface area contributed by atoms with E-state index in [1.165, 1.54) is 6.42 Å². The van der Waals surface area contributed by atoms with Crippen molar-refractivity contribution < 1.29 is 8.42 Å².